The summed E-state index contributed by atoms with van der Waals surface area (Å²) in [4.78, 5) is 11.9. The highest BCUT2D eigenvalue weighted by atomic mass is 32.2. The van der Waals surface area contributed by atoms with E-state index in [1.165, 1.54) is 0 Å². The summed E-state index contributed by atoms with van der Waals surface area (Å²) in [5.74, 6) is 0.638. The first-order chi connectivity index (χ1) is 9.12. The van der Waals surface area contributed by atoms with Crippen molar-refractivity contribution in [3.8, 4) is 0 Å². The zero-order valence-corrected chi connectivity index (χ0v) is 12.7. The van der Waals surface area contributed by atoms with Crippen LogP contribution >= 0.6 is 0 Å². The second kappa shape index (κ2) is 8.53. The van der Waals surface area contributed by atoms with E-state index in [1.807, 2.05) is 13.8 Å². The zero-order chi connectivity index (χ0) is 14.3. The monoisotopic (exact) mass is 290 g/mol. The normalized spacial score (nSPS) is 26.5. The Balaban J connectivity index is 2.52. The average molecular weight is 290 g/mol. The van der Waals surface area contributed by atoms with Crippen molar-refractivity contribution in [1.29, 1.82) is 0 Å². The smallest absolute Gasteiger partial charge is 0.315 e. The molecule has 4 atom stereocenters. The molecule has 1 rings (SSSR count). The predicted molar refractivity (Wildman–Crippen MR) is 77.6 cm³/mol. The molecular weight excluding hydrogens is 264 g/mol. The molecule has 0 spiro atoms. The van der Waals surface area contributed by atoms with Crippen LogP contribution in [0.4, 0.5) is 4.79 Å². The third-order valence-electron chi connectivity index (χ3n) is 3.69. The highest BCUT2D eigenvalue weighted by Crippen LogP contribution is 2.23. The van der Waals surface area contributed by atoms with Crippen molar-refractivity contribution >= 4 is 16.8 Å². The van der Waals surface area contributed by atoms with E-state index in [0.717, 1.165) is 25.7 Å². The minimum atomic E-state index is -0.868. The first-order valence-electron chi connectivity index (χ1n) is 7.17. The van der Waals surface area contributed by atoms with E-state index in [1.54, 1.807) is 0 Å². The standard InChI is InChI=1S/C13H26N2O3S/c1-3-10(9-16)14-13(17)15-11-7-5-6-8-12(11)19(18)4-2/h10-12,16H,3-9H2,1-2H3,(H2,14,15,17). The number of amides is 2. The van der Waals surface area contributed by atoms with Crippen LogP contribution in [-0.2, 0) is 10.8 Å². The molecule has 0 aliphatic heterocycles. The van der Waals surface area contributed by atoms with Crippen LogP contribution in [0.2, 0.25) is 0 Å². The molecule has 2 amide bonds. The van der Waals surface area contributed by atoms with E-state index in [-0.39, 0.29) is 30.0 Å². The quantitative estimate of drug-likeness (QED) is 0.686. The van der Waals surface area contributed by atoms with Gasteiger partial charge in [0.25, 0.3) is 0 Å². The minimum Gasteiger partial charge on any atom is -0.394 e. The van der Waals surface area contributed by atoms with Gasteiger partial charge in [0.1, 0.15) is 0 Å². The summed E-state index contributed by atoms with van der Waals surface area (Å²) >= 11 is 0. The first kappa shape index (κ1) is 16.4. The number of carbonyl (C=O) groups is 1. The van der Waals surface area contributed by atoms with Crippen molar-refractivity contribution in [2.45, 2.75) is 63.3 Å². The number of rotatable bonds is 6. The molecule has 4 unspecified atom stereocenters. The number of hydrogen-bond acceptors (Lipinski definition) is 3. The molecule has 1 aliphatic carbocycles. The van der Waals surface area contributed by atoms with Gasteiger partial charge in [0, 0.05) is 22.6 Å². The molecule has 0 bridgehead atoms. The third-order valence-corrected chi connectivity index (χ3v) is 5.50. The summed E-state index contributed by atoms with van der Waals surface area (Å²) in [5, 5.41) is 14.8. The molecule has 1 fully saturated rings. The fourth-order valence-corrected chi connectivity index (χ4v) is 3.89. The molecule has 0 aromatic heterocycles. The topological polar surface area (TPSA) is 78.4 Å². The fourth-order valence-electron chi connectivity index (χ4n) is 2.46. The summed E-state index contributed by atoms with van der Waals surface area (Å²) in [5.41, 5.74) is 0. The zero-order valence-electron chi connectivity index (χ0n) is 11.9. The number of hydrogen-bond donors (Lipinski definition) is 3. The van der Waals surface area contributed by atoms with Crippen molar-refractivity contribution in [1.82, 2.24) is 10.6 Å². The molecule has 0 heterocycles. The van der Waals surface area contributed by atoms with Crippen LogP contribution in [0, 0.1) is 0 Å². The lowest BCUT2D eigenvalue weighted by atomic mass is 9.95. The van der Waals surface area contributed by atoms with Gasteiger partial charge in [-0.15, -0.1) is 0 Å². The Morgan fingerprint density at radius 2 is 2.05 bits per heavy atom. The number of urea groups is 1. The van der Waals surface area contributed by atoms with Gasteiger partial charge >= 0.3 is 6.03 Å². The SMILES string of the molecule is CCC(CO)NC(=O)NC1CCCCC1S(=O)CC. The van der Waals surface area contributed by atoms with E-state index in [9.17, 15) is 9.00 Å². The van der Waals surface area contributed by atoms with Gasteiger partial charge in [-0.1, -0.05) is 26.7 Å². The van der Waals surface area contributed by atoms with Crippen molar-refractivity contribution in [3.05, 3.63) is 0 Å². The largest absolute Gasteiger partial charge is 0.394 e. The van der Waals surface area contributed by atoms with E-state index >= 15 is 0 Å². The number of nitrogens with one attached hydrogen (secondary N) is 2. The molecule has 0 aromatic rings. The summed E-state index contributed by atoms with van der Waals surface area (Å²) in [6, 6.07) is -0.477. The Hall–Kier alpha value is -0.620. The van der Waals surface area contributed by atoms with Crippen LogP contribution in [0.1, 0.15) is 46.0 Å². The summed E-state index contributed by atoms with van der Waals surface area (Å²) < 4.78 is 12.0. The van der Waals surface area contributed by atoms with Gasteiger partial charge in [0.05, 0.1) is 17.9 Å². The van der Waals surface area contributed by atoms with Gasteiger partial charge in [0.2, 0.25) is 0 Å². The van der Waals surface area contributed by atoms with Crippen LogP contribution in [0.25, 0.3) is 0 Å². The van der Waals surface area contributed by atoms with Gasteiger partial charge in [-0.05, 0) is 19.3 Å². The second-order valence-corrected chi connectivity index (χ2v) is 6.95. The van der Waals surface area contributed by atoms with Gasteiger partial charge in [-0.3, -0.25) is 4.21 Å². The van der Waals surface area contributed by atoms with Crippen molar-refractivity contribution in [2.24, 2.45) is 0 Å². The lowest BCUT2D eigenvalue weighted by molar-refractivity contribution is 0.209. The van der Waals surface area contributed by atoms with Gasteiger partial charge < -0.3 is 15.7 Å². The molecule has 1 saturated carbocycles. The molecule has 5 nitrogen and oxygen atoms in total. The van der Waals surface area contributed by atoms with Crippen LogP contribution in [0.3, 0.4) is 0 Å². The van der Waals surface area contributed by atoms with E-state index < -0.39 is 10.8 Å². The molecule has 6 heteroatoms. The third kappa shape index (κ3) is 5.10. The molecule has 1 aliphatic rings. The Bertz CT molecular complexity index is 308. The molecule has 112 valence electrons. The Morgan fingerprint density at radius 1 is 1.37 bits per heavy atom. The van der Waals surface area contributed by atoms with Crippen LogP contribution in [0.5, 0.6) is 0 Å². The Kier molecular flexibility index (Phi) is 7.38. The summed E-state index contributed by atoms with van der Waals surface area (Å²) in [7, 11) is -0.868. The van der Waals surface area contributed by atoms with Crippen molar-refractivity contribution in [3.63, 3.8) is 0 Å². The molecule has 19 heavy (non-hydrogen) atoms. The van der Waals surface area contributed by atoms with Gasteiger partial charge in [0.15, 0.2) is 0 Å². The Morgan fingerprint density at radius 3 is 2.63 bits per heavy atom. The number of aliphatic hydroxyl groups excluding tert-OH is 1. The molecule has 3 N–H and O–H groups in total. The number of aliphatic hydroxyl groups is 1. The number of carbonyl (C=O) groups excluding carboxylic acids is 1. The van der Waals surface area contributed by atoms with Gasteiger partial charge in [-0.25, -0.2) is 4.79 Å². The maximum atomic E-state index is 12.0. The molecule has 0 saturated heterocycles. The average Bonchev–Trinajstić information content (AvgIpc) is 2.44. The highest BCUT2D eigenvalue weighted by Gasteiger charge is 2.30. The second-order valence-electron chi connectivity index (χ2n) is 5.00. The van der Waals surface area contributed by atoms with Crippen molar-refractivity contribution in [2.75, 3.05) is 12.4 Å². The fraction of sp³-hybridized carbons (Fsp3) is 0.923. The lowest BCUT2D eigenvalue weighted by Crippen LogP contribution is -2.52. The molecule has 0 radical (unpaired) electrons. The summed E-state index contributed by atoms with van der Waals surface area (Å²) in [6.45, 7) is 3.77. The van der Waals surface area contributed by atoms with E-state index in [4.69, 9.17) is 5.11 Å². The van der Waals surface area contributed by atoms with Crippen LogP contribution in [0.15, 0.2) is 0 Å². The lowest BCUT2D eigenvalue weighted by Gasteiger charge is -2.31. The van der Waals surface area contributed by atoms with Crippen LogP contribution < -0.4 is 10.6 Å². The molecular formula is C13H26N2O3S. The maximum absolute atomic E-state index is 12.0. The van der Waals surface area contributed by atoms with E-state index in [2.05, 4.69) is 10.6 Å². The van der Waals surface area contributed by atoms with Crippen molar-refractivity contribution < 1.29 is 14.1 Å². The van der Waals surface area contributed by atoms with E-state index in [0.29, 0.717) is 12.2 Å². The Labute approximate surface area is 118 Å². The van der Waals surface area contributed by atoms with Gasteiger partial charge in [-0.2, -0.15) is 0 Å². The predicted octanol–water partition coefficient (Wildman–Crippen LogP) is 1.14. The molecule has 0 aromatic carbocycles. The first-order valence-corrected chi connectivity index (χ1v) is 8.55. The highest BCUT2D eigenvalue weighted by molar-refractivity contribution is 7.85. The minimum absolute atomic E-state index is 0.00858. The maximum Gasteiger partial charge on any atom is 0.315 e. The summed E-state index contributed by atoms with van der Waals surface area (Å²) in [6.07, 6.45) is 4.66. The van der Waals surface area contributed by atoms with Crippen LogP contribution in [-0.4, -0.2) is 45.0 Å².